The first-order valence-electron chi connectivity index (χ1n) is 5.66. The van der Waals surface area contributed by atoms with E-state index in [9.17, 15) is 0 Å². The monoisotopic (exact) mass is 362 g/mol. The van der Waals surface area contributed by atoms with Crippen LogP contribution in [-0.4, -0.2) is 22.3 Å². The Hall–Kier alpha value is -0.330. The van der Waals surface area contributed by atoms with E-state index in [1.807, 2.05) is 6.07 Å². The van der Waals surface area contributed by atoms with Gasteiger partial charge in [0, 0.05) is 22.5 Å². The molecule has 3 nitrogen and oxygen atoms in total. The van der Waals surface area contributed by atoms with Crippen molar-refractivity contribution in [2.75, 3.05) is 6.61 Å². The number of hydrogen-bond acceptors (Lipinski definition) is 2. The molecule has 3 rings (SSSR count). The van der Waals surface area contributed by atoms with Crippen molar-refractivity contribution in [2.45, 2.75) is 25.5 Å². The Labute approximate surface area is 118 Å². The van der Waals surface area contributed by atoms with Gasteiger partial charge in [-0.25, -0.2) is 4.98 Å². The van der Waals surface area contributed by atoms with Crippen LogP contribution in [0.15, 0.2) is 18.5 Å². The number of aromatic nitrogens is 2. The van der Waals surface area contributed by atoms with Gasteiger partial charge < -0.3 is 9.30 Å². The van der Waals surface area contributed by atoms with E-state index in [2.05, 4.69) is 38.3 Å². The summed E-state index contributed by atoms with van der Waals surface area (Å²) in [5.41, 5.74) is 1.13. The summed E-state index contributed by atoms with van der Waals surface area (Å²) >= 11 is 8.41. The van der Waals surface area contributed by atoms with E-state index in [-0.39, 0.29) is 0 Å². The van der Waals surface area contributed by atoms with Crippen molar-refractivity contribution in [3.05, 3.63) is 27.2 Å². The lowest BCUT2D eigenvalue weighted by molar-refractivity contribution is 0.113. The fraction of sp³-hybridized carbons (Fsp3) is 0.417. The van der Waals surface area contributed by atoms with E-state index >= 15 is 0 Å². The topological polar surface area (TPSA) is 27.1 Å². The summed E-state index contributed by atoms with van der Waals surface area (Å²) in [6, 6.07) is 2.00. The van der Waals surface area contributed by atoms with Crippen molar-refractivity contribution in [2.24, 2.45) is 0 Å². The van der Waals surface area contributed by atoms with Crippen molar-refractivity contribution in [1.29, 1.82) is 0 Å². The minimum atomic E-state index is 0.515. The van der Waals surface area contributed by atoms with Crippen LogP contribution in [0.25, 0.3) is 10.9 Å². The van der Waals surface area contributed by atoms with Crippen molar-refractivity contribution in [1.82, 2.24) is 9.55 Å². The number of ether oxygens (including phenoxy) is 1. The van der Waals surface area contributed by atoms with Crippen LogP contribution < -0.4 is 0 Å². The number of pyridine rings is 1. The van der Waals surface area contributed by atoms with Gasteiger partial charge in [-0.2, -0.15) is 0 Å². The maximum Gasteiger partial charge on any atom is 0.139 e. The van der Waals surface area contributed by atoms with Gasteiger partial charge in [-0.3, -0.25) is 0 Å². The Morgan fingerprint density at radius 2 is 2.35 bits per heavy atom. The van der Waals surface area contributed by atoms with E-state index in [1.165, 1.54) is 12.8 Å². The van der Waals surface area contributed by atoms with Crippen LogP contribution in [0.1, 0.15) is 12.8 Å². The van der Waals surface area contributed by atoms with Gasteiger partial charge in [-0.15, -0.1) is 0 Å². The maximum atomic E-state index is 6.11. The fourth-order valence-corrected chi connectivity index (χ4v) is 3.18. The third kappa shape index (κ3) is 2.44. The molecule has 2 heterocycles. The standard InChI is InChI=1S/C12H12ClIN2O/c13-12-11-9(14)7-16(10(11)3-4-15-12)5-6-17-8-1-2-8/h3-4,7-8H,1-2,5-6H2. The molecule has 0 radical (unpaired) electrons. The lowest BCUT2D eigenvalue weighted by Gasteiger charge is -2.05. The molecule has 0 amide bonds. The molecule has 1 aliphatic carbocycles. The number of rotatable bonds is 4. The molecule has 1 saturated carbocycles. The van der Waals surface area contributed by atoms with Crippen LogP contribution in [0.5, 0.6) is 0 Å². The highest BCUT2D eigenvalue weighted by Crippen LogP contribution is 2.28. The molecule has 0 aliphatic heterocycles. The first-order valence-corrected chi connectivity index (χ1v) is 7.12. The van der Waals surface area contributed by atoms with Crippen LogP contribution >= 0.6 is 34.2 Å². The Morgan fingerprint density at radius 1 is 1.53 bits per heavy atom. The molecule has 0 spiro atoms. The number of nitrogens with zero attached hydrogens (tertiary/aromatic N) is 2. The summed E-state index contributed by atoms with van der Waals surface area (Å²) in [5.74, 6) is 0. The van der Waals surface area contributed by atoms with Crippen molar-refractivity contribution in [3.8, 4) is 0 Å². The molecule has 0 atom stereocenters. The van der Waals surface area contributed by atoms with Crippen LogP contribution in [0.3, 0.4) is 0 Å². The maximum absolute atomic E-state index is 6.11. The van der Waals surface area contributed by atoms with E-state index in [0.717, 1.165) is 27.6 Å². The highest BCUT2D eigenvalue weighted by molar-refractivity contribution is 14.1. The largest absolute Gasteiger partial charge is 0.376 e. The second-order valence-electron chi connectivity index (χ2n) is 4.24. The first-order chi connectivity index (χ1) is 8.25. The molecule has 1 aliphatic rings. The Kier molecular flexibility index (Phi) is 3.28. The van der Waals surface area contributed by atoms with E-state index in [1.54, 1.807) is 6.20 Å². The summed E-state index contributed by atoms with van der Waals surface area (Å²) < 4.78 is 9.00. The normalized spacial score (nSPS) is 15.6. The zero-order valence-electron chi connectivity index (χ0n) is 9.20. The van der Waals surface area contributed by atoms with Gasteiger partial charge in [0.05, 0.1) is 23.6 Å². The van der Waals surface area contributed by atoms with Crippen LogP contribution in [-0.2, 0) is 11.3 Å². The van der Waals surface area contributed by atoms with E-state index in [0.29, 0.717) is 11.3 Å². The molecular formula is C12H12ClIN2O. The number of fused-ring (bicyclic) bond motifs is 1. The first kappa shape index (κ1) is 11.7. The zero-order chi connectivity index (χ0) is 11.8. The summed E-state index contributed by atoms with van der Waals surface area (Å²) in [5, 5.41) is 1.62. The molecule has 1 fully saturated rings. The average molecular weight is 363 g/mol. The second kappa shape index (κ2) is 4.74. The Morgan fingerprint density at radius 3 is 3.12 bits per heavy atom. The third-order valence-electron chi connectivity index (χ3n) is 2.91. The van der Waals surface area contributed by atoms with Gasteiger partial charge in [0.1, 0.15) is 5.15 Å². The molecule has 0 bridgehead atoms. The average Bonchev–Trinajstić information content (AvgIpc) is 3.05. The SMILES string of the molecule is Clc1nccc2c1c(I)cn2CCOC1CC1. The molecule has 2 aromatic heterocycles. The Balaban J connectivity index is 1.85. The molecule has 90 valence electrons. The highest BCUT2D eigenvalue weighted by Gasteiger charge is 2.21. The van der Waals surface area contributed by atoms with Crippen LogP contribution in [0.2, 0.25) is 5.15 Å². The molecular weight excluding hydrogens is 351 g/mol. The predicted molar refractivity (Wildman–Crippen MR) is 76.4 cm³/mol. The van der Waals surface area contributed by atoms with Gasteiger partial charge in [-0.05, 0) is 41.5 Å². The molecule has 0 N–H and O–H groups in total. The summed E-state index contributed by atoms with van der Waals surface area (Å²) in [6.45, 7) is 1.64. The number of hydrogen-bond donors (Lipinski definition) is 0. The van der Waals surface area contributed by atoms with E-state index in [4.69, 9.17) is 16.3 Å². The molecule has 0 aromatic carbocycles. The minimum absolute atomic E-state index is 0.515. The van der Waals surface area contributed by atoms with Gasteiger partial charge >= 0.3 is 0 Å². The summed E-state index contributed by atoms with van der Waals surface area (Å²) in [7, 11) is 0. The minimum Gasteiger partial charge on any atom is -0.376 e. The summed E-state index contributed by atoms with van der Waals surface area (Å²) in [4.78, 5) is 4.12. The lowest BCUT2D eigenvalue weighted by atomic mass is 10.3. The lowest BCUT2D eigenvalue weighted by Crippen LogP contribution is -2.05. The zero-order valence-corrected chi connectivity index (χ0v) is 12.1. The highest BCUT2D eigenvalue weighted by atomic mass is 127. The Bertz CT molecular complexity index is 551. The molecule has 0 unspecified atom stereocenters. The quantitative estimate of drug-likeness (QED) is 0.615. The number of halogens is 2. The second-order valence-corrected chi connectivity index (χ2v) is 5.76. The fourth-order valence-electron chi connectivity index (χ4n) is 1.90. The molecule has 5 heteroatoms. The summed E-state index contributed by atoms with van der Waals surface area (Å²) in [6.07, 6.45) is 6.81. The predicted octanol–water partition coefficient (Wildman–Crippen LogP) is 3.47. The van der Waals surface area contributed by atoms with Gasteiger partial charge in [0.15, 0.2) is 0 Å². The molecule has 0 saturated heterocycles. The third-order valence-corrected chi connectivity index (χ3v) is 4.01. The van der Waals surface area contributed by atoms with Crippen molar-refractivity contribution < 1.29 is 4.74 Å². The van der Waals surface area contributed by atoms with E-state index < -0.39 is 0 Å². The molecule has 17 heavy (non-hydrogen) atoms. The smallest absolute Gasteiger partial charge is 0.139 e. The van der Waals surface area contributed by atoms with Crippen molar-refractivity contribution in [3.63, 3.8) is 0 Å². The van der Waals surface area contributed by atoms with Crippen molar-refractivity contribution >= 4 is 45.1 Å². The van der Waals surface area contributed by atoms with Gasteiger partial charge in [0.25, 0.3) is 0 Å². The van der Waals surface area contributed by atoms with Crippen LogP contribution in [0, 0.1) is 3.57 Å². The van der Waals surface area contributed by atoms with Gasteiger partial charge in [-0.1, -0.05) is 11.6 Å². The van der Waals surface area contributed by atoms with Gasteiger partial charge in [0.2, 0.25) is 0 Å². The molecule has 2 aromatic rings. The van der Waals surface area contributed by atoms with Crippen LogP contribution in [0.4, 0.5) is 0 Å².